The quantitative estimate of drug-likeness (QED) is 0.358. The molecule has 25 heavy (non-hydrogen) atoms. The average Bonchev–Trinajstić information content (AvgIpc) is 2.57. The SMILES string of the molecule is CCCCCN(C)CCCCCOC1CCC(CNS(=O)(=O)O)CC1. The highest BCUT2D eigenvalue weighted by Crippen LogP contribution is 2.26. The summed E-state index contributed by atoms with van der Waals surface area (Å²) in [4.78, 5) is 2.43. The van der Waals surface area contributed by atoms with Crippen molar-refractivity contribution in [3.05, 3.63) is 0 Å². The van der Waals surface area contributed by atoms with Crippen molar-refractivity contribution in [3.8, 4) is 0 Å². The van der Waals surface area contributed by atoms with E-state index in [1.807, 2.05) is 0 Å². The lowest BCUT2D eigenvalue weighted by molar-refractivity contribution is 0.0165. The molecule has 0 atom stereocenters. The molecule has 0 amide bonds. The van der Waals surface area contributed by atoms with E-state index < -0.39 is 10.3 Å². The van der Waals surface area contributed by atoms with E-state index in [0.29, 0.717) is 18.6 Å². The van der Waals surface area contributed by atoms with Crippen molar-refractivity contribution in [1.82, 2.24) is 9.62 Å². The van der Waals surface area contributed by atoms with Gasteiger partial charge in [-0.25, -0.2) is 0 Å². The fourth-order valence-electron chi connectivity index (χ4n) is 3.38. The monoisotopic (exact) mass is 378 g/mol. The largest absolute Gasteiger partial charge is 0.378 e. The van der Waals surface area contributed by atoms with Crippen LogP contribution in [0, 0.1) is 5.92 Å². The molecular weight excluding hydrogens is 340 g/mol. The minimum Gasteiger partial charge on any atom is -0.378 e. The second kappa shape index (κ2) is 13.0. The highest BCUT2D eigenvalue weighted by Gasteiger charge is 2.22. The summed E-state index contributed by atoms with van der Waals surface area (Å²) in [6, 6.07) is 0. The lowest BCUT2D eigenvalue weighted by Crippen LogP contribution is -2.32. The van der Waals surface area contributed by atoms with Gasteiger partial charge in [0, 0.05) is 13.2 Å². The molecule has 0 aromatic rings. The Bertz CT molecular complexity index is 423. The van der Waals surface area contributed by atoms with E-state index in [4.69, 9.17) is 9.29 Å². The van der Waals surface area contributed by atoms with Crippen molar-refractivity contribution in [2.75, 3.05) is 33.3 Å². The Kier molecular flexibility index (Phi) is 11.9. The Morgan fingerprint density at radius 1 is 1.04 bits per heavy atom. The normalized spacial score (nSPS) is 21.8. The summed E-state index contributed by atoms with van der Waals surface area (Å²) in [7, 11) is -1.85. The van der Waals surface area contributed by atoms with Crippen molar-refractivity contribution >= 4 is 10.3 Å². The van der Waals surface area contributed by atoms with Crippen LogP contribution in [0.3, 0.4) is 0 Å². The maximum atomic E-state index is 10.7. The summed E-state index contributed by atoms with van der Waals surface area (Å²) in [5, 5.41) is 0. The zero-order valence-electron chi connectivity index (χ0n) is 16.1. The molecule has 1 aliphatic carbocycles. The number of rotatable bonds is 14. The Balaban J connectivity index is 1.95. The van der Waals surface area contributed by atoms with Gasteiger partial charge in [-0.05, 0) is 77.4 Å². The molecule has 1 saturated carbocycles. The first kappa shape index (κ1) is 22.8. The summed E-state index contributed by atoms with van der Waals surface area (Å²) >= 11 is 0. The molecule has 0 spiro atoms. The van der Waals surface area contributed by atoms with Gasteiger partial charge in [-0.2, -0.15) is 13.1 Å². The molecule has 0 heterocycles. The molecule has 7 heteroatoms. The predicted octanol–water partition coefficient (Wildman–Crippen LogP) is 3.25. The van der Waals surface area contributed by atoms with Gasteiger partial charge in [-0.15, -0.1) is 0 Å². The van der Waals surface area contributed by atoms with Gasteiger partial charge in [0.25, 0.3) is 0 Å². The molecule has 1 rings (SSSR count). The van der Waals surface area contributed by atoms with Crippen LogP contribution in [0.2, 0.25) is 0 Å². The first-order valence-corrected chi connectivity index (χ1v) is 11.4. The molecule has 0 unspecified atom stereocenters. The van der Waals surface area contributed by atoms with Gasteiger partial charge in [0.05, 0.1) is 6.10 Å². The highest BCUT2D eigenvalue weighted by molar-refractivity contribution is 7.83. The molecule has 2 N–H and O–H groups in total. The molecule has 0 aliphatic heterocycles. The molecule has 0 bridgehead atoms. The van der Waals surface area contributed by atoms with Crippen molar-refractivity contribution in [2.45, 2.75) is 77.2 Å². The van der Waals surface area contributed by atoms with Crippen molar-refractivity contribution in [3.63, 3.8) is 0 Å². The lowest BCUT2D eigenvalue weighted by Gasteiger charge is -2.28. The van der Waals surface area contributed by atoms with E-state index in [-0.39, 0.29) is 0 Å². The average molecular weight is 379 g/mol. The molecule has 150 valence electrons. The Morgan fingerprint density at radius 3 is 2.28 bits per heavy atom. The molecule has 0 aromatic carbocycles. The molecular formula is C18H38N2O4S. The number of hydrogen-bond acceptors (Lipinski definition) is 4. The standard InChI is InChI=1S/C18H38N2O4S/c1-3-4-6-13-20(2)14-7-5-8-15-24-18-11-9-17(10-12-18)16-19-25(21,22)23/h17-19H,3-16H2,1-2H3,(H,21,22,23). The first-order chi connectivity index (χ1) is 11.9. The van der Waals surface area contributed by atoms with E-state index in [9.17, 15) is 8.42 Å². The summed E-state index contributed by atoms with van der Waals surface area (Å²) < 4.78 is 38.2. The number of unbranched alkanes of at least 4 members (excludes halogenated alkanes) is 4. The van der Waals surface area contributed by atoms with Gasteiger partial charge < -0.3 is 9.64 Å². The zero-order valence-corrected chi connectivity index (χ0v) is 16.9. The number of nitrogens with one attached hydrogen (secondary N) is 1. The fraction of sp³-hybridized carbons (Fsp3) is 1.00. The van der Waals surface area contributed by atoms with Crippen LogP contribution in [-0.4, -0.2) is 57.3 Å². The van der Waals surface area contributed by atoms with E-state index in [0.717, 1.165) is 38.7 Å². The van der Waals surface area contributed by atoms with Crippen LogP contribution in [0.25, 0.3) is 0 Å². The molecule has 0 saturated heterocycles. The number of nitrogens with zero attached hydrogens (tertiary/aromatic N) is 1. The molecule has 1 fully saturated rings. The van der Waals surface area contributed by atoms with Crippen LogP contribution in [0.4, 0.5) is 0 Å². The smallest absolute Gasteiger partial charge is 0.333 e. The van der Waals surface area contributed by atoms with E-state index in [1.165, 1.54) is 45.2 Å². The molecule has 0 aromatic heterocycles. The maximum absolute atomic E-state index is 10.7. The van der Waals surface area contributed by atoms with Crippen LogP contribution in [0.15, 0.2) is 0 Å². The van der Waals surface area contributed by atoms with E-state index >= 15 is 0 Å². The minimum atomic E-state index is -4.06. The van der Waals surface area contributed by atoms with Crippen LogP contribution in [0.1, 0.15) is 71.1 Å². The topological polar surface area (TPSA) is 78.9 Å². The number of ether oxygens (including phenoxy) is 1. The summed E-state index contributed by atoms with van der Waals surface area (Å²) in [5.74, 6) is 0.310. The predicted molar refractivity (Wildman–Crippen MR) is 102 cm³/mol. The van der Waals surface area contributed by atoms with Gasteiger partial charge >= 0.3 is 10.3 Å². The third-order valence-corrected chi connectivity index (χ3v) is 5.56. The third kappa shape index (κ3) is 12.7. The Morgan fingerprint density at radius 2 is 1.68 bits per heavy atom. The van der Waals surface area contributed by atoms with Crippen LogP contribution < -0.4 is 4.72 Å². The number of hydrogen-bond donors (Lipinski definition) is 2. The molecule has 6 nitrogen and oxygen atoms in total. The van der Waals surface area contributed by atoms with Crippen LogP contribution in [-0.2, 0) is 15.0 Å². The summed E-state index contributed by atoms with van der Waals surface area (Å²) in [6.45, 7) is 5.79. The molecule has 0 radical (unpaired) electrons. The Labute approximate surface area is 154 Å². The lowest BCUT2D eigenvalue weighted by atomic mass is 9.87. The third-order valence-electron chi connectivity index (χ3n) is 5.03. The highest BCUT2D eigenvalue weighted by atomic mass is 32.2. The summed E-state index contributed by atoms with van der Waals surface area (Å²) in [5.41, 5.74) is 0. The van der Waals surface area contributed by atoms with Crippen molar-refractivity contribution in [1.29, 1.82) is 0 Å². The first-order valence-electron chi connectivity index (χ1n) is 9.93. The second-order valence-electron chi connectivity index (χ2n) is 7.41. The van der Waals surface area contributed by atoms with Crippen LogP contribution in [0.5, 0.6) is 0 Å². The minimum absolute atomic E-state index is 0.310. The van der Waals surface area contributed by atoms with Gasteiger partial charge in [0.2, 0.25) is 0 Å². The van der Waals surface area contributed by atoms with Crippen molar-refractivity contribution < 1.29 is 17.7 Å². The second-order valence-corrected chi connectivity index (χ2v) is 8.65. The zero-order chi connectivity index (χ0) is 18.5. The maximum Gasteiger partial charge on any atom is 0.333 e. The summed E-state index contributed by atoms with van der Waals surface area (Å²) in [6.07, 6.45) is 11.7. The van der Waals surface area contributed by atoms with E-state index in [1.54, 1.807) is 0 Å². The van der Waals surface area contributed by atoms with Crippen molar-refractivity contribution in [2.24, 2.45) is 5.92 Å². The van der Waals surface area contributed by atoms with Crippen LogP contribution >= 0.6 is 0 Å². The fourth-order valence-corrected chi connectivity index (χ4v) is 3.83. The van der Waals surface area contributed by atoms with Gasteiger partial charge in [-0.3, -0.25) is 4.55 Å². The van der Waals surface area contributed by atoms with Gasteiger partial charge in [0.1, 0.15) is 0 Å². The van der Waals surface area contributed by atoms with Gasteiger partial charge in [0.15, 0.2) is 0 Å². The van der Waals surface area contributed by atoms with E-state index in [2.05, 4.69) is 23.6 Å². The van der Waals surface area contributed by atoms with Gasteiger partial charge in [-0.1, -0.05) is 19.8 Å². The Hall–Kier alpha value is -0.210. The molecule has 1 aliphatic rings.